The number of amides is 1. The van der Waals surface area contributed by atoms with Gasteiger partial charge in [-0.2, -0.15) is 0 Å². The minimum absolute atomic E-state index is 0.196. The molecule has 0 aliphatic carbocycles. The molecule has 9 heteroatoms. The normalized spacial score (nSPS) is 20.3. The van der Waals surface area contributed by atoms with E-state index in [2.05, 4.69) is 15.1 Å². The van der Waals surface area contributed by atoms with Crippen LogP contribution >= 0.6 is 0 Å². The molecule has 2 aromatic carbocycles. The largest absolute Gasteiger partial charge is 0.497 e. The maximum Gasteiger partial charge on any atom is 0.321 e. The van der Waals surface area contributed by atoms with Gasteiger partial charge in [-0.3, -0.25) is 14.9 Å². The van der Waals surface area contributed by atoms with Gasteiger partial charge in [0.25, 0.3) is 0 Å². The first-order valence-electron chi connectivity index (χ1n) is 11.4. The van der Waals surface area contributed by atoms with Gasteiger partial charge in [0, 0.05) is 31.9 Å². The number of guanidine groups is 1. The number of esters is 1. The first-order chi connectivity index (χ1) is 16.5. The molecule has 180 valence electrons. The summed E-state index contributed by atoms with van der Waals surface area (Å²) >= 11 is 0. The summed E-state index contributed by atoms with van der Waals surface area (Å²) in [6.07, 6.45) is 0. The Morgan fingerprint density at radius 3 is 2.06 bits per heavy atom. The van der Waals surface area contributed by atoms with E-state index in [4.69, 9.17) is 19.2 Å². The van der Waals surface area contributed by atoms with Crippen molar-refractivity contribution >= 4 is 23.5 Å². The SMILES string of the molecule is CCOC(=O)C1C(=O)NC(N2CCN(c3ccc(OC)cc3)CC2)=NC1c1ccc(OC)cc1. The molecule has 1 fully saturated rings. The molecule has 2 atom stereocenters. The average Bonchev–Trinajstić information content (AvgIpc) is 2.88. The van der Waals surface area contributed by atoms with E-state index >= 15 is 0 Å². The molecule has 1 saturated heterocycles. The number of piperazine rings is 1. The standard InChI is InChI=1S/C25H30N4O5/c1-4-34-24(31)21-22(17-5-9-19(32-2)10-6-17)26-25(27-23(21)30)29-15-13-28(14-16-29)18-7-11-20(33-3)12-8-18/h5-12,21-22H,4,13-16H2,1-3H3,(H,26,27,30). The van der Waals surface area contributed by atoms with Gasteiger partial charge in [-0.05, 0) is 48.9 Å². The molecule has 2 heterocycles. The predicted molar refractivity (Wildman–Crippen MR) is 128 cm³/mol. The van der Waals surface area contributed by atoms with Crippen LogP contribution in [-0.2, 0) is 14.3 Å². The Morgan fingerprint density at radius 2 is 1.50 bits per heavy atom. The van der Waals surface area contributed by atoms with Gasteiger partial charge in [0.2, 0.25) is 11.9 Å². The maximum absolute atomic E-state index is 13.1. The summed E-state index contributed by atoms with van der Waals surface area (Å²) in [7, 11) is 3.24. The van der Waals surface area contributed by atoms with Crippen molar-refractivity contribution in [2.45, 2.75) is 13.0 Å². The molecule has 0 spiro atoms. The number of hydrogen-bond donors (Lipinski definition) is 1. The van der Waals surface area contributed by atoms with Crippen molar-refractivity contribution in [3.8, 4) is 11.5 Å². The quantitative estimate of drug-likeness (QED) is 0.516. The fraction of sp³-hybridized carbons (Fsp3) is 0.400. The second-order valence-electron chi connectivity index (χ2n) is 8.06. The highest BCUT2D eigenvalue weighted by molar-refractivity contribution is 6.08. The monoisotopic (exact) mass is 466 g/mol. The lowest BCUT2D eigenvalue weighted by molar-refractivity contribution is -0.153. The van der Waals surface area contributed by atoms with Crippen LogP contribution in [0.1, 0.15) is 18.5 Å². The van der Waals surface area contributed by atoms with Crippen LogP contribution in [0, 0.1) is 5.92 Å². The predicted octanol–water partition coefficient (Wildman–Crippen LogP) is 2.23. The van der Waals surface area contributed by atoms with Gasteiger partial charge in [0.05, 0.1) is 20.8 Å². The lowest BCUT2D eigenvalue weighted by Gasteiger charge is -2.39. The molecule has 2 aliphatic rings. The summed E-state index contributed by atoms with van der Waals surface area (Å²) < 4.78 is 15.7. The molecule has 4 rings (SSSR count). The second kappa shape index (κ2) is 10.5. The zero-order valence-electron chi connectivity index (χ0n) is 19.7. The van der Waals surface area contributed by atoms with Crippen molar-refractivity contribution in [2.75, 3.05) is 51.9 Å². The molecule has 0 bridgehead atoms. The Morgan fingerprint density at radius 1 is 0.941 bits per heavy atom. The van der Waals surface area contributed by atoms with Gasteiger partial charge >= 0.3 is 5.97 Å². The fourth-order valence-corrected chi connectivity index (χ4v) is 4.24. The number of nitrogens with one attached hydrogen (secondary N) is 1. The van der Waals surface area contributed by atoms with Crippen molar-refractivity contribution in [2.24, 2.45) is 10.9 Å². The smallest absolute Gasteiger partial charge is 0.321 e. The Bertz CT molecular complexity index is 1030. The topological polar surface area (TPSA) is 92.7 Å². The van der Waals surface area contributed by atoms with Crippen molar-refractivity contribution in [1.29, 1.82) is 0 Å². The number of nitrogens with zero attached hydrogens (tertiary/aromatic N) is 3. The molecule has 0 saturated carbocycles. The molecular formula is C25H30N4O5. The molecule has 0 aromatic heterocycles. The van der Waals surface area contributed by atoms with Crippen LogP contribution in [0.5, 0.6) is 11.5 Å². The van der Waals surface area contributed by atoms with Crippen LogP contribution in [0.2, 0.25) is 0 Å². The summed E-state index contributed by atoms with van der Waals surface area (Å²) in [6.45, 7) is 4.83. The third kappa shape index (κ3) is 4.93. The molecular weight excluding hydrogens is 436 g/mol. The highest BCUT2D eigenvalue weighted by Gasteiger charge is 2.42. The van der Waals surface area contributed by atoms with Crippen molar-refractivity contribution in [3.63, 3.8) is 0 Å². The van der Waals surface area contributed by atoms with Crippen molar-refractivity contribution < 1.29 is 23.8 Å². The number of aliphatic imine (C=N–C) groups is 1. The Hall–Kier alpha value is -3.75. The zero-order chi connectivity index (χ0) is 24.1. The first-order valence-corrected chi connectivity index (χ1v) is 11.4. The minimum Gasteiger partial charge on any atom is -0.497 e. The molecule has 34 heavy (non-hydrogen) atoms. The zero-order valence-corrected chi connectivity index (χ0v) is 19.7. The molecule has 2 aromatic rings. The van der Waals surface area contributed by atoms with Gasteiger partial charge in [-0.25, -0.2) is 4.99 Å². The van der Waals surface area contributed by atoms with Crippen LogP contribution in [0.4, 0.5) is 5.69 Å². The fourth-order valence-electron chi connectivity index (χ4n) is 4.24. The Labute approximate surface area is 199 Å². The number of carbonyl (C=O) groups is 2. The van der Waals surface area contributed by atoms with Crippen LogP contribution in [0.25, 0.3) is 0 Å². The molecule has 2 unspecified atom stereocenters. The van der Waals surface area contributed by atoms with Gasteiger partial charge in [-0.15, -0.1) is 0 Å². The number of benzene rings is 2. The average molecular weight is 467 g/mol. The third-order valence-electron chi connectivity index (χ3n) is 6.11. The van der Waals surface area contributed by atoms with Crippen LogP contribution in [0.15, 0.2) is 53.5 Å². The van der Waals surface area contributed by atoms with Gasteiger partial charge in [-0.1, -0.05) is 12.1 Å². The molecule has 9 nitrogen and oxygen atoms in total. The molecule has 1 N–H and O–H groups in total. The molecule has 1 amide bonds. The highest BCUT2D eigenvalue weighted by atomic mass is 16.5. The van der Waals surface area contributed by atoms with E-state index in [0.717, 1.165) is 30.1 Å². The lowest BCUT2D eigenvalue weighted by atomic mass is 9.91. The number of carbonyl (C=O) groups excluding carboxylic acids is 2. The Balaban J connectivity index is 1.53. The summed E-state index contributed by atoms with van der Waals surface area (Å²) in [6, 6.07) is 14.6. The number of rotatable bonds is 6. The van der Waals surface area contributed by atoms with Gasteiger partial charge in [0.1, 0.15) is 17.5 Å². The van der Waals surface area contributed by atoms with E-state index in [1.54, 1.807) is 33.3 Å². The van der Waals surface area contributed by atoms with Crippen molar-refractivity contribution in [3.05, 3.63) is 54.1 Å². The van der Waals surface area contributed by atoms with E-state index in [-0.39, 0.29) is 6.61 Å². The summed E-state index contributed by atoms with van der Waals surface area (Å²) in [5.74, 6) is -0.0221. The van der Waals surface area contributed by atoms with Crippen LogP contribution < -0.4 is 19.7 Å². The van der Waals surface area contributed by atoms with Crippen LogP contribution in [0.3, 0.4) is 0 Å². The third-order valence-corrected chi connectivity index (χ3v) is 6.11. The van der Waals surface area contributed by atoms with E-state index in [9.17, 15) is 9.59 Å². The molecule has 2 aliphatic heterocycles. The summed E-state index contributed by atoms with van der Waals surface area (Å²) in [5.41, 5.74) is 1.87. The number of ether oxygens (including phenoxy) is 3. The first kappa shape index (κ1) is 23.4. The maximum atomic E-state index is 13.1. The van der Waals surface area contributed by atoms with Gasteiger partial charge in [0.15, 0.2) is 5.92 Å². The van der Waals surface area contributed by atoms with Crippen LogP contribution in [-0.4, -0.2) is 69.7 Å². The van der Waals surface area contributed by atoms with Crippen molar-refractivity contribution in [1.82, 2.24) is 10.2 Å². The van der Waals surface area contributed by atoms with E-state index in [0.29, 0.717) is 24.8 Å². The minimum atomic E-state index is -1.04. The summed E-state index contributed by atoms with van der Waals surface area (Å²) in [4.78, 5) is 34.8. The van der Waals surface area contributed by atoms with E-state index in [1.165, 1.54) is 0 Å². The van der Waals surface area contributed by atoms with E-state index < -0.39 is 23.8 Å². The van der Waals surface area contributed by atoms with Gasteiger partial charge < -0.3 is 24.0 Å². The number of hydrogen-bond acceptors (Lipinski definition) is 8. The Kier molecular flexibility index (Phi) is 7.20. The number of methoxy groups -OCH3 is 2. The molecule has 0 radical (unpaired) electrons. The van der Waals surface area contributed by atoms with E-state index in [1.807, 2.05) is 36.4 Å². The number of anilines is 1. The highest BCUT2D eigenvalue weighted by Crippen LogP contribution is 2.32. The second-order valence-corrected chi connectivity index (χ2v) is 8.06. The summed E-state index contributed by atoms with van der Waals surface area (Å²) in [5, 5.41) is 2.84. The lowest BCUT2D eigenvalue weighted by Crippen LogP contribution is -2.57.